The zero-order valence-corrected chi connectivity index (χ0v) is 17.2. The van der Waals surface area contributed by atoms with Crippen LogP contribution < -0.4 is 5.32 Å². The van der Waals surface area contributed by atoms with Gasteiger partial charge in [0.05, 0.1) is 12.7 Å². The number of carbonyl (C=O) groups is 1. The molecule has 8 nitrogen and oxygen atoms in total. The molecule has 3 aromatic rings. The third kappa shape index (κ3) is 6.25. The van der Waals surface area contributed by atoms with E-state index in [-0.39, 0.29) is 5.91 Å². The summed E-state index contributed by atoms with van der Waals surface area (Å²) in [6.45, 7) is 7.04. The molecule has 1 N–H and O–H groups in total. The summed E-state index contributed by atoms with van der Waals surface area (Å²) in [5.41, 5.74) is 1.31. The maximum absolute atomic E-state index is 12.2. The number of pyridine rings is 1. The quantitative estimate of drug-likeness (QED) is 0.567. The van der Waals surface area contributed by atoms with Crippen LogP contribution in [0.5, 0.6) is 0 Å². The lowest BCUT2D eigenvalue weighted by Crippen LogP contribution is -2.25. The van der Waals surface area contributed by atoms with Crippen LogP contribution >= 0.6 is 0 Å². The summed E-state index contributed by atoms with van der Waals surface area (Å²) in [6, 6.07) is 7.78. The summed E-state index contributed by atoms with van der Waals surface area (Å²) < 4.78 is 7.40. The van der Waals surface area contributed by atoms with Crippen molar-refractivity contribution in [3.8, 4) is 0 Å². The van der Waals surface area contributed by atoms with E-state index in [1.54, 1.807) is 23.3 Å². The number of aromatic nitrogens is 4. The van der Waals surface area contributed by atoms with Crippen molar-refractivity contribution in [2.45, 2.75) is 39.3 Å². The molecule has 0 saturated carbocycles. The second-order valence-corrected chi connectivity index (χ2v) is 7.35. The molecule has 0 aromatic carbocycles. The Labute approximate surface area is 170 Å². The first-order valence-corrected chi connectivity index (χ1v) is 9.83. The summed E-state index contributed by atoms with van der Waals surface area (Å²) in [4.78, 5) is 18.4. The topological polar surface area (TPSA) is 89.1 Å². The van der Waals surface area contributed by atoms with Gasteiger partial charge in [0.1, 0.15) is 11.5 Å². The molecule has 3 rings (SSSR count). The van der Waals surface area contributed by atoms with Gasteiger partial charge in [-0.25, -0.2) is 0 Å². The minimum atomic E-state index is -0.232. The first kappa shape index (κ1) is 20.7. The Kier molecular flexibility index (Phi) is 7.13. The smallest absolute Gasteiger partial charge is 0.273 e. The van der Waals surface area contributed by atoms with Crippen molar-refractivity contribution in [1.82, 2.24) is 30.2 Å². The molecule has 0 aliphatic carbocycles. The van der Waals surface area contributed by atoms with Crippen LogP contribution in [0.25, 0.3) is 0 Å². The molecule has 3 heterocycles. The maximum atomic E-state index is 12.2. The second-order valence-electron chi connectivity index (χ2n) is 7.35. The fourth-order valence-electron chi connectivity index (χ4n) is 2.94. The van der Waals surface area contributed by atoms with E-state index >= 15 is 0 Å². The van der Waals surface area contributed by atoms with Crippen molar-refractivity contribution in [1.29, 1.82) is 0 Å². The van der Waals surface area contributed by atoms with Gasteiger partial charge in [0, 0.05) is 31.4 Å². The lowest BCUT2D eigenvalue weighted by Gasteiger charge is -2.18. The average molecular weight is 396 g/mol. The van der Waals surface area contributed by atoms with Gasteiger partial charge in [0.15, 0.2) is 5.69 Å². The highest BCUT2D eigenvalue weighted by Crippen LogP contribution is 2.21. The molecule has 0 radical (unpaired) electrons. The molecule has 0 aliphatic rings. The molecule has 1 atom stereocenters. The monoisotopic (exact) mass is 396 g/mol. The number of amides is 1. The van der Waals surface area contributed by atoms with Gasteiger partial charge in [0.25, 0.3) is 5.91 Å². The highest BCUT2D eigenvalue weighted by atomic mass is 16.3. The number of nitrogens with one attached hydrogen (secondary N) is 1. The van der Waals surface area contributed by atoms with Gasteiger partial charge in [-0.15, -0.1) is 5.10 Å². The Morgan fingerprint density at radius 1 is 1.24 bits per heavy atom. The number of rotatable bonds is 10. The van der Waals surface area contributed by atoms with Crippen LogP contribution in [0.3, 0.4) is 0 Å². The molecule has 29 heavy (non-hydrogen) atoms. The lowest BCUT2D eigenvalue weighted by molar-refractivity contribution is 0.0946. The van der Waals surface area contributed by atoms with Gasteiger partial charge >= 0.3 is 0 Å². The summed E-state index contributed by atoms with van der Waals surface area (Å²) in [5.74, 6) is 2.14. The van der Waals surface area contributed by atoms with Crippen LogP contribution in [-0.2, 0) is 13.1 Å². The van der Waals surface area contributed by atoms with E-state index in [1.807, 2.05) is 25.1 Å². The second kappa shape index (κ2) is 9.97. The predicted molar refractivity (Wildman–Crippen MR) is 109 cm³/mol. The summed E-state index contributed by atoms with van der Waals surface area (Å²) in [5, 5.41) is 10.9. The highest BCUT2D eigenvalue weighted by Gasteiger charge is 2.13. The third-order valence-electron chi connectivity index (χ3n) is 4.88. The fourth-order valence-corrected chi connectivity index (χ4v) is 2.94. The predicted octanol–water partition coefficient (Wildman–Crippen LogP) is 2.63. The molecule has 154 valence electrons. The first-order chi connectivity index (χ1) is 14.0. The lowest BCUT2D eigenvalue weighted by atomic mass is 10.1. The minimum Gasteiger partial charge on any atom is -0.466 e. The van der Waals surface area contributed by atoms with Crippen LogP contribution in [0.15, 0.2) is 47.3 Å². The minimum absolute atomic E-state index is 0.232. The summed E-state index contributed by atoms with van der Waals surface area (Å²) in [7, 11) is 2.08. The summed E-state index contributed by atoms with van der Waals surface area (Å²) in [6.07, 6.45) is 6.10. The number of carbonyl (C=O) groups excluding carboxylic acids is 1. The Bertz CT molecular complexity index is 905. The number of hydrogen-bond acceptors (Lipinski definition) is 6. The van der Waals surface area contributed by atoms with E-state index in [2.05, 4.69) is 45.6 Å². The van der Waals surface area contributed by atoms with Crippen molar-refractivity contribution in [3.63, 3.8) is 0 Å². The zero-order valence-electron chi connectivity index (χ0n) is 17.2. The Balaban J connectivity index is 1.39. The van der Waals surface area contributed by atoms with Gasteiger partial charge in [-0.1, -0.05) is 12.1 Å². The molecule has 1 amide bonds. The van der Waals surface area contributed by atoms with Crippen LogP contribution in [0.2, 0.25) is 0 Å². The third-order valence-corrected chi connectivity index (χ3v) is 4.88. The number of hydrogen-bond donors (Lipinski definition) is 1. The molecule has 0 bridgehead atoms. The molecule has 0 fully saturated rings. The molecule has 0 saturated heterocycles. The van der Waals surface area contributed by atoms with E-state index in [0.29, 0.717) is 24.7 Å². The van der Waals surface area contributed by atoms with E-state index in [1.165, 1.54) is 0 Å². The van der Waals surface area contributed by atoms with Gasteiger partial charge < -0.3 is 14.6 Å². The highest BCUT2D eigenvalue weighted by molar-refractivity contribution is 5.91. The summed E-state index contributed by atoms with van der Waals surface area (Å²) >= 11 is 0. The van der Waals surface area contributed by atoms with Crippen molar-refractivity contribution >= 4 is 5.91 Å². The Morgan fingerprint density at radius 3 is 2.76 bits per heavy atom. The van der Waals surface area contributed by atoms with Crippen molar-refractivity contribution in [2.24, 2.45) is 0 Å². The van der Waals surface area contributed by atoms with Crippen LogP contribution in [-0.4, -0.2) is 50.9 Å². The van der Waals surface area contributed by atoms with Crippen molar-refractivity contribution in [2.75, 3.05) is 20.1 Å². The van der Waals surface area contributed by atoms with E-state index in [4.69, 9.17) is 4.42 Å². The SMILES string of the molecule is Cc1ccc([C@@H](C)CCN(C)CCn2cc(C(=O)NCc3ccncc3)nn2)o1. The molecular formula is C21H28N6O2. The molecular weight excluding hydrogens is 368 g/mol. The number of likely N-dealkylation sites (N-methyl/N-ethyl adjacent to an activating group) is 1. The normalized spacial score (nSPS) is 12.3. The largest absolute Gasteiger partial charge is 0.466 e. The van der Waals surface area contributed by atoms with E-state index < -0.39 is 0 Å². The Morgan fingerprint density at radius 2 is 2.03 bits per heavy atom. The first-order valence-electron chi connectivity index (χ1n) is 9.83. The molecule has 0 spiro atoms. The molecule has 0 aliphatic heterocycles. The standard InChI is InChI=1S/C21H28N6O2/c1-16(20-5-4-17(2)29-20)8-11-26(3)12-13-27-15-19(24-25-27)21(28)23-14-18-6-9-22-10-7-18/h4-7,9-10,15-16H,8,11-14H2,1-3H3,(H,23,28)/t16-/m0/s1. The fraction of sp³-hybridized carbons (Fsp3) is 0.429. The number of aryl methyl sites for hydroxylation is 1. The maximum Gasteiger partial charge on any atom is 0.273 e. The number of furan rings is 1. The number of nitrogens with zero attached hydrogens (tertiary/aromatic N) is 5. The van der Waals surface area contributed by atoms with Crippen molar-refractivity contribution < 1.29 is 9.21 Å². The van der Waals surface area contributed by atoms with Crippen molar-refractivity contribution in [3.05, 3.63) is 65.6 Å². The van der Waals surface area contributed by atoms with Gasteiger partial charge in [-0.05, 0) is 56.8 Å². The average Bonchev–Trinajstić information content (AvgIpc) is 3.38. The van der Waals surface area contributed by atoms with Crippen LogP contribution in [0, 0.1) is 6.92 Å². The van der Waals surface area contributed by atoms with E-state index in [9.17, 15) is 4.79 Å². The van der Waals surface area contributed by atoms with Gasteiger partial charge in [-0.3, -0.25) is 14.5 Å². The molecule has 3 aromatic heterocycles. The van der Waals surface area contributed by atoms with Gasteiger partial charge in [0.2, 0.25) is 0 Å². The van der Waals surface area contributed by atoms with Gasteiger partial charge in [-0.2, -0.15) is 0 Å². The zero-order chi connectivity index (χ0) is 20.6. The molecule has 0 unspecified atom stereocenters. The van der Waals surface area contributed by atoms with E-state index in [0.717, 1.165) is 36.6 Å². The Hall–Kier alpha value is -3.00. The van der Waals surface area contributed by atoms with Crippen LogP contribution in [0.4, 0.5) is 0 Å². The van der Waals surface area contributed by atoms with Crippen LogP contribution in [0.1, 0.15) is 46.8 Å². The molecule has 8 heteroatoms.